The summed E-state index contributed by atoms with van der Waals surface area (Å²) in [6.45, 7) is 4.34. The fraction of sp³-hybridized carbons (Fsp3) is 0.364. The number of amides is 1. The first kappa shape index (κ1) is 20.7. The molecule has 0 radical (unpaired) electrons. The minimum Gasteiger partial charge on any atom is -0.507 e. The van der Waals surface area contributed by atoms with Gasteiger partial charge in [-0.2, -0.15) is 0 Å². The summed E-state index contributed by atoms with van der Waals surface area (Å²) < 4.78 is 18.6. The second kappa shape index (κ2) is 9.07. The summed E-state index contributed by atoms with van der Waals surface area (Å²) in [4.78, 5) is 30.3. The van der Waals surface area contributed by atoms with Crippen molar-refractivity contribution < 1.29 is 23.8 Å². The first-order chi connectivity index (χ1) is 14.6. The molecular formula is C22H23FN2O4S. The van der Waals surface area contributed by atoms with Gasteiger partial charge in [0.05, 0.1) is 24.8 Å². The Morgan fingerprint density at radius 1 is 1.13 bits per heavy atom. The zero-order chi connectivity index (χ0) is 21.1. The number of morpholine rings is 1. The number of thiophene rings is 1. The molecule has 1 amide bonds. The number of Topliss-reactive ketones (excluding diaryl/α,β-unsaturated/α-hetero) is 1. The largest absolute Gasteiger partial charge is 0.507 e. The third kappa shape index (κ3) is 4.16. The molecular weight excluding hydrogens is 407 g/mol. The average Bonchev–Trinajstić information content (AvgIpc) is 3.37. The second-order valence-electron chi connectivity index (χ2n) is 7.32. The zero-order valence-corrected chi connectivity index (χ0v) is 17.2. The van der Waals surface area contributed by atoms with Crippen LogP contribution in [0.25, 0.3) is 5.76 Å². The predicted molar refractivity (Wildman–Crippen MR) is 112 cm³/mol. The van der Waals surface area contributed by atoms with Gasteiger partial charge in [0.25, 0.3) is 11.7 Å². The molecule has 2 saturated heterocycles. The van der Waals surface area contributed by atoms with E-state index in [0.29, 0.717) is 31.7 Å². The van der Waals surface area contributed by atoms with Crippen molar-refractivity contribution in [2.24, 2.45) is 0 Å². The van der Waals surface area contributed by atoms with Crippen molar-refractivity contribution in [3.8, 4) is 0 Å². The lowest BCUT2D eigenvalue weighted by Gasteiger charge is -2.28. The number of nitrogens with zero attached hydrogens (tertiary/aromatic N) is 2. The summed E-state index contributed by atoms with van der Waals surface area (Å²) in [5.74, 6) is -2.03. The van der Waals surface area contributed by atoms with Crippen LogP contribution in [0.4, 0.5) is 4.39 Å². The number of likely N-dealkylation sites (tertiary alicyclic amines) is 1. The number of aliphatic hydroxyl groups is 1. The predicted octanol–water partition coefficient (Wildman–Crippen LogP) is 3.03. The Labute approximate surface area is 178 Å². The number of carbonyl (C=O) groups excluding carboxylic acids is 2. The van der Waals surface area contributed by atoms with Gasteiger partial charge in [0, 0.05) is 36.6 Å². The van der Waals surface area contributed by atoms with Crippen molar-refractivity contribution >= 4 is 28.8 Å². The summed E-state index contributed by atoms with van der Waals surface area (Å²) in [6.07, 6.45) is 0.714. The molecule has 3 heterocycles. The van der Waals surface area contributed by atoms with E-state index in [1.54, 1.807) is 4.90 Å². The van der Waals surface area contributed by atoms with E-state index in [9.17, 15) is 19.1 Å². The Bertz CT molecular complexity index is 937. The Hall–Kier alpha value is -2.55. The van der Waals surface area contributed by atoms with Crippen molar-refractivity contribution in [3.63, 3.8) is 0 Å². The van der Waals surface area contributed by atoms with E-state index < -0.39 is 23.5 Å². The van der Waals surface area contributed by atoms with Crippen molar-refractivity contribution in [3.05, 3.63) is 63.6 Å². The number of hydrogen-bond acceptors (Lipinski definition) is 6. The van der Waals surface area contributed by atoms with E-state index in [0.717, 1.165) is 24.5 Å². The molecule has 8 heteroatoms. The van der Waals surface area contributed by atoms with Crippen LogP contribution in [0.1, 0.15) is 22.9 Å². The minimum absolute atomic E-state index is 0.0560. The van der Waals surface area contributed by atoms with Crippen molar-refractivity contribution in [2.45, 2.75) is 12.5 Å². The zero-order valence-electron chi connectivity index (χ0n) is 16.4. The van der Waals surface area contributed by atoms with Crippen molar-refractivity contribution in [1.82, 2.24) is 9.80 Å². The number of rotatable bonds is 6. The number of ether oxygens (including phenoxy) is 1. The molecule has 4 rings (SSSR count). The Morgan fingerprint density at radius 3 is 2.53 bits per heavy atom. The fourth-order valence-corrected chi connectivity index (χ4v) is 4.75. The lowest BCUT2D eigenvalue weighted by Crippen LogP contribution is -2.38. The summed E-state index contributed by atoms with van der Waals surface area (Å²) >= 11 is 1.43. The molecule has 0 spiro atoms. The molecule has 2 aromatic rings. The van der Waals surface area contributed by atoms with Crippen molar-refractivity contribution in [2.75, 3.05) is 39.4 Å². The maximum atomic E-state index is 13.3. The first-order valence-corrected chi connectivity index (χ1v) is 10.8. The molecule has 0 saturated carbocycles. The molecule has 1 N–H and O–H groups in total. The standard InChI is InChI=1S/C22H23FN2O4S/c23-16-6-4-15(5-7-16)20(26)18-19(17-3-1-14-30-17)25(22(28)21(18)27)9-2-8-24-10-12-29-13-11-24/h1,3-7,14,19,26H,2,8-13H2/b20-18+. The van der Waals surface area contributed by atoms with Gasteiger partial charge in [-0.3, -0.25) is 14.5 Å². The SMILES string of the molecule is O=C1C(=O)N(CCCN2CCOCC2)C(c2cccs2)/C1=C(\O)c1ccc(F)cc1. The maximum absolute atomic E-state index is 13.3. The first-order valence-electron chi connectivity index (χ1n) is 9.94. The molecule has 2 aliphatic heterocycles. The molecule has 1 aromatic heterocycles. The number of ketones is 1. The summed E-state index contributed by atoms with van der Waals surface area (Å²) in [7, 11) is 0. The Morgan fingerprint density at radius 2 is 1.87 bits per heavy atom. The highest BCUT2D eigenvalue weighted by atomic mass is 32.1. The number of halogens is 1. The van der Waals surface area contributed by atoms with Gasteiger partial charge in [-0.05, 0) is 42.1 Å². The van der Waals surface area contributed by atoms with Gasteiger partial charge >= 0.3 is 0 Å². The summed E-state index contributed by atoms with van der Waals surface area (Å²) in [5.41, 5.74) is 0.365. The van der Waals surface area contributed by atoms with Crippen LogP contribution < -0.4 is 0 Å². The van der Waals surface area contributed by atoms with E-state index in [-0.39, 0.29) is 11.3 Å². The van der Waals surface area contributed by atoms with Gasteiger partial charge < -0.3 is 14.7 Å². The molecule has 1 unspecified atom stereocenters. The van der Waals surface area contributed by atoms with E-state index in [2.05, 4.69) is 4.90 Å². The summed E-state index contributed by atoms with van der Waals surface area (Å²) in [6, 6.07) is 8.31. The van der Waals surface area contributed by atoms with Crippen LogP contribution in [0.3, 0.4) is 0 Å². The third-order valence-electron chi connectivity index (χ3n) is 5.45. The molecule has 158 valence electrons. The number of benzene rings is 1. The van der Waals surface area contributed by atoms with Crippen LogP contribution in [0.15, 0.2) is 47.4 Å². The Kier molecular flexibility index (Phi) is 6.26. The number of aliphatic hydroxyl groups excluding tert-OH is 1. The quantitative estimate of drug-likeness (QED) is 0.433. The molecule has 1 aromatic carbocycles. The van der Waals surface area contributed by atoms with Gasteiger partial charge in [0.1, 0.15) is 11.6 Å². The second-order valence-corrected chi connectivity index (χ2v) is 8.30. The molecule has 6 nitrogen and oxygen atoms in total. The van der Waals surface area contributed by atoms with Crippen LogP contribution in [-0.2, 0) is 14.3 Å². The maximum Gasteiger partial charge on any atom is 0.295 e. The van der Waals surface area contributed by atoms with Crippen LogP contribution in [-0.4, -0.2) is 66.0 Å². The summed E-state index contributed by atoms with van der Waals surface area (Å²) in [5, 5.41) is 12.7. The van der Waals surface area contributed by atoms with Gasteiger partial charge in [-0.15, -0.1) is 11.3 Å². The minimum atomic E-state index is -0.707. The topological polar surface area (TPSA) is 70.1 Å². The molecule has 2 aliphatic rings. The van der Waals surface area contributed by atoms with E-state index in [1.807, 2.05) is 17.5 Å². The lowest BCUT2D eigenvalue weighted by molar-refractivity contribution is -0.140. The van der Waals surface area contributed by atoms with Gasteiger partial charge in [0.2, 0.25) is 0 Å². The van der Waals surface area contributed by atoms with Crippen molar-refractivity contribution in [1.29, 1.82) is 0 Å². The highest BCUT2D eigenvalue weighted by Crippen LogP contribution is 2.41. The molecule has 2 fully saturated rings. The number of hydrogen-bond donors (Lipinski definition) is 1. The van der Waals surface area contributed by atoms with Crippen LogP contribution in [0.2, 0.25) is 0 Å². The average molecular weight is 431 g/mol. The van der Waals surface area contributed by atoms with E-state index in [1.165, 1.54) is 35.6 Å². The van der Waals surface area contributed by atoms with Gasteiger partial charge in [0.15, 0.2) is 0 Å². The molecule has 0 bridgehead atoms. The van der Waals surface area contributed by atoms with Crippen LogP contribution >= 0.6 is 11.3 Å². The van der Waals surface area contributed by atoms with Crippen LogP contribution in [0.5, 0.6) is 0 Å². The highest BCUT2D eigenvalue weighted by molar-refractivity contribution is 7.10. The smallest absolute Gasteiger partial charge is 0.295 e. The highest BCUT2D eigenvalue weighted by Gasteiger charge is 2.46. The van der Waals surface area contributed by atoms with Gasteiger partial charge in [-0.25, -0.2) is 4.39 Å². The fourth-order valence-electron chi connectivity index (χ4n) is 3.91. The molecule has 0 aliphatic carbocycles. The monoisotopic (exact) mass is 430 g/mol. The third-order valence-corrected chi connectivity index (χ3v) is 6.37. The van der Waals surface area contributed by atoms with Crippen LogP contribution in [0, 0.1) is 5.82 Å². The Balaban J connectivity index is 1.61. The normalized spacial score (nSPS) is 22.0. The molecule has 30 heavy (non-hydrogen) atoms. The lowest BCUT2D eigenvalue weighted by atomic mass is 10.00. The van der Waals surface area contributed by atoms with E-state index in [4.69, 9.17) is 4.74 Å². The van der Waals surface area contributed by atoms with Gasteiger partial charge in [-0.1, -0.05) is 6.07 Å². The molecule has 1 atom stereocenters. The van der Waals surface area contributed by atoms with E-state index >= 15 is 0 Å². The number of carbonyl (C=O) groups is 2.